The zero-order valence-electron chi connectivity index (χ0n) is 15.7. The highest BCUT2D eigenvalue weighted by Gasteiger charge is 2.35. The van der Waals surface area contributed by atoms with Crippen molar-refractivity contribution < 1.29 is 23.5 Å². The van der Waals surface area contributed by atoms with Gasteiger partial charge in [-0.15, -0.1) is 6.42 Å². The van der Waals surface area contributed by atoms with Crippen molar-refractivity contribution in [3.63, 3.8) is 0 Å². The fourth-order valence-corrected chi connectivity index (χ4v) is 4.82. The minimum Gasteiger partial charge on any atom is -0.479 e. The van der Waals surface area contributed by atoms with Crippen LogP contribution in [0.25, 0.3) is 6.08 Å². The second kappa shape index (κ2) is 10.1. The van der Waals surface area contributed by atoms with Gasteiger partial charge in [0.1, 0.15) is 30.4 Å². The molecule has 3 rings (SSSR count). The smallest absolute Gasteiger partial charge is 0.329 e. The predicted octanol–water partition coefficient (Wildman–Crippen LogP) is 3.58. The average Bonchev–Trinajstić information content (AvgIpc) is 2.96. The van der Waals surface area contributed by atoms with Gasteiger partial charge in [-0.2, -0.15) is 0 Å². The summed E-state index contributed by atoms with van der Waals surface area (Å²) in [4.78, 5) is 37.8. The Morgan fingerprint density at radius 1 is 1.26 bits per heavy atom. The van der Waals surface area contributed by atoms with Gasteiger partial charge in [0.15, 0.2) is 0 Å². The first-order chi connectivity index (χ1) is 14.8. The Bertz CT molecular complexity index is 1120. The van der Waals surface area contributed by atoms with Crippen LogP contribution in [0.4, 0.5) is 14.9 Å². The summed E-state index contributed by atoms with van der Waals surface area (Å²) in [5, 5.41) is 4.80. The van der Waals surface area contributed by atoms with E-state index in [1.54, 1.807) is 18.2 Å². The van der Waals surface area contributed by atoms with Gasteiger partial charge >= 0.3 is 6.03 Å². The Labute approximate surface area is 204 Å². The molecule has 7 nitrogen and oxygen atoms in total. The molecule has 0 radical (unpaired) electrons. The van der Waals surface area contributed by atoms with Gasteiger partial charge in [-0.05, 0) is 81.1 Å². The number of rotatable bonds is 6. The third-order valence-electron chi connectivity index (χ3n) is 4.04. The summed E-state index contributed by atoms with van der Waals surface area (Å²) in [5.41, 5.74) is 0.641. The average molecular weight is 645 g/mol. The second-order valence-corrected chi connectivity index (χ2v) is 8.54. The number of terminal acetylenes is 1. The van der Waals surface area contributed by atoms with Gasteiger partial charge in [0, 0.05) is 0 Å². The maximum Gasteiger partial charge on any atom is 0.329 e. The van der Waals surface area contributed by atoms with Crippen LogP contribution in [0, 0.1) is 25.3 Å². The van der Waals surface area contributed by atoms with Gasteiger partial charge < -0.3 is 15.4 Å². The fourth-order valence-electron chi connectivity index (χ4n) is 2.69. The number of para-hydroxylation sites is 1. The quantitative estimate of drug-likeness (QED) is 0.218. The van der Waals surface area contributed by atoms with Crippen LogP contribution >= 0.6 is 45.2 Å². The lowest BCUT2D eigenvalue weighted by Gasteiger charge is -2.12. The molecule has 0 aliphatic carbocycles. The Balaban J connectivity index is 1.74. The summed E-state index contributed by atoms with van der Waals surface area (Å²) in [6, 6.07) is 8.41. The summed E-state index contributed by atoms with van der Waals surface area (Å²) < 4.78 is 20.8. The van der Waals surface area contributed by atoms with Crippen LogP contribution in [0.15, 0.2) is 42.1 Å². The Hall–Kier alpha value is -2.66. The predicted molar refractivity (Wildman–Crippen MR) is 129 cm³/mol. The first-order valence-corrected chi connectivity index (χ1v) is 10.9. The summed E-state index contributed by atoms with van der Waals surface area (Å²) >= 11 is 4.17. The number of hydrogen-bond acceptors (Lipinski definition) is 4. The van der Waals surface area contributed by atoms with E-state index in [0.29, 0.717) is 11.3 Å². The molecular weight excluding hydrogens is 631 g/mol. The first kappa shape index (κ1) is 23.0. The molecule has 0 saturated carbocycles. The second-order valence-electron chi connectivity index (χ2n) is 6.21. The highest BCUT2D eigenvalue weighted by molar-refractivity contribution is 14.1. The Morgan fingerprint density at radius 2 is 1.94 bits per heavy atom. The number of urea groups is 1. The Kier molecular flexibility index (Phi) is 7.50. The maximum atomic E-state index is 13.7. The number of carbonyl (C=O) groups excluding carboxylic acids is 3. The van der Waals surface area contributed by atoms with E-state index in [2.05, 4.69) is 61.7 Å². The molecule has 0 aromatic heterocycles. The van der Waals surface area contributed by atoms with E-state index in [4.69, 9.17) is 11.2 Å². The van der Waals surface area contributed by atoms with Crippen molar-refractivity contribution in [2.45, 2.75) is 0 Å². The monoisotopic (exact) mass is 645 g/mol. The number of imide groups is 1. The van der Waals surface area contributed by atoms with Crippen LogP contribution < -0.4 is 15.4 Å². The minimum absolute atomic E-state index is 0.0209. The number of hydrogen-bond donors (Lipinski definition) is 2. The van der Waals surface area contributed by atoms with Crippen molar-refractivity contribution >= 4 is 74.8 Å². The van der Waals surface area contributed by atoms with E-state index < -0.39 is 30.2 Å². The summed E-state index contributed by atoms with van der Waals surface area (Å²) in [5.74, 6) is 1.06. The summed E-state index contributed by atoms with van der Waals surface area (Å²) in [6.45, 7) is -0.421. The summed E-state index contributed by atoms with van der Waals surface area (Å²) in [6.07, 6.45) is 6.73. The van der Waals surface area contributed by atoms with Gasteiger partial charge in [-0.1, -0.05) is 18.1 Å². The van der Waals surface area contributed by atoms with Gasteiger partial charge in [-0.3, -0.25) is 9.59 Å². The lowest BCUT2D eigenvalue weighted by molar-refractivity contribution is -0.127. The van der Waals surface area contributed by atoms with Crippen molar-refractivity contribution in [3.05, 3.63) is 60.6 Å². The molecule has 1 heterocycles. The maximum absolute atomic E-state index is 13.7. The molecule has 0 bridgehead atoms. The largest absolute Gasteiger partial charge is 0.479 e. The van der Waals surface area contributed by atoms with E-state index >= 15 is 0 Å². The topological polar surface area (TPSA) is 87.7 Å². The minimum atomic E-state index is -0.738. The highest BCUT2D eigenvalue weighted by Crippen LogP contribution is 2.30. The molecule has 2 aromatic rings. The first-order valence-electron chi connectivity index (χ1n) is 8.74. The lowest BCUT2D eigenvalue weighted by Crippen LogP contribution is -2.38. The third-order valence-corrected chi connectivity index (χ3v) is 5.65. The number of nitrogens with one attached hydrogen (secondary N) is 2. The van der Waals surface area contributed by atoms with Crippen LogP contribution in [0.1, 0.15) is 5.56 Å². The molecule has 0 atom stereocenters. The van der Waals surface area contributed by atoms with E-state index in [1.165, 1.54) is 24.3 Å². The number of carbonyl (C=O) groups is 3. The van der Waals surface area contributed by atoms with Crippen LogP contribution in [0.5, 0.6) is 5.75 Å². The van der Waals surface area contributed by atoms with E-state index in [-0.39, 0.29) is 18.0 Å². The SMILES string of the molecule is C#CCOc1c(I)cc(/C=C2/NC(=O)N(CC(=O)Nc3ccccc3F)C2=O)cc1I. The molecule has 0 spiro atoms. The van der Waals surface area contributed by atoms with Crippen LogP contribution in [0.2, 0.25) is 0 Å². The van der Waals surface area contributed by atoms with E-state index in [9.17, 15) is 18.8 Å². The zero-order valence-corrected chi connectivity index (χ0v) is 20.1. The van der Waals surface area contributed by atoms with Gasteiger partial charge in [0.05, 0.1) is 12.8 Å². The van der Waals surface area contributed by atoms with Crippen molar-refractivity contribution in [1.82, 2.24) is 10.2 Å². The van der Waals surface area contributed by atoms with Crippen molar-refractivity contribution in [2.24, 2.45) is 0 Å². The van der Waals surface area contributed by atoms with E-state index in [1.807, 2.05) is 0 Å². The molecule has 1 aliphatic heterocycles. The number of amides is 4. The molecule has 1 saturated heterocycles. The number of ether oxygens (including phenoxy) is 1. The molecule has 31 heavy (non-hydrogen) atoms. The van der Waals surface area contributed by atoms with Gasteiger partial charge in [0.2, 0.25) is 5.91 Å². The molecule has 2 N–H and O–H groups in total. The number of benzene rings is 2. The molecule has 1 aliphatic rings. The number of halogens is 3. The lowest BCUT2D eigenvalue weighted by atomic mass is 10.2. The summed E-state index contributed by atoms with van der Waals surface area (Å²) in [7, 11) is 0. The normalized spacial score (nSPS) is 14.4. The van der Waals surface area contributed by atoms with Crippen molar-refractivity contribution in [2.75, 3.05) is 18.5 Å². The number of anilines is 1. The molecular formula is C21H14FI2N3O4. The van der Waals surface area contributed by atoms with Crippen LogP contribution in [-0.4, -0.2) is 35.9 Å². The fraction of sp³-hybridized carbons (Fsp3) is 0.0952. The Morgan fingerprint density at radius 3 is 2.58 bits per heavy atom. The molecule has 158 valence electrons. The molecule has 4 amide bonds. The van der Waals surface area contributed by atoms with Crippen molar-refractivity contribution in [3.8, 4) is 18.1 Å². The third kappa shape index (κ3) is 5.53. The van der Waals surface area contributed by atoms with Crippen LogP contribution in [-0.2, 0) is 9.59 Å². The van der Waals surface area contributed by atoms with E-state index in [0.717, 1.165) is 12.0 Å². The molecule has 2 aromatic carbocycles. The molecule has 1 fully saturated rings. The van der Waals surface area contributed by atoms with Crippen molar-refractivity contribution in [1.29, 1.82) is 0 Å². The molecule has 10 heteroatoms. The van der Waals surface area contributed by atoms with Gasteiger partial charge in [0.25, 0.3) is 5.91 Å². The standard InChI is InChI=1S/C21H14FI2N3O4/c1-2-7-31-19-14(23)8-12(9-15(19)24)10-17-20(29)27(21(30)26-17)11-18(28)25-16-6-4-3-5-13(16)22/h1,3-6,8-10H,7,11H2,(H,25,28)(H,26,30)/b17-10+. The van der Waals surface area contributed by atoms with Crippen LogP contribution in [0.3, 0.4) is 0 Å². The zero-order chi connectivity index (χ0) is 22.5. The molecule has 0 unspecified atom stereocenters. The highest BCUT2D eigenvalue weighted by atomic mass is 127. The number of nitrogens with zero attached hydrogens (tertiary/aromatic N) is 1. The van der Waals surface area contributed by atoms with Gasteiger partial charge in [-0.25, -0.2) is 14.1 Å².